The van der Waals surface area contributed by atoms with Crippen molar-refractivity contribution in [2.45, 2.75) is 49.0 Å². The summed E-state index contributed by atoms with van der Waals surface area (Å²) < 4.78 is 38.2. The summed E-state index contributed by atoms with van der Waals surface area (Å²) >= 11 is 0. The minimum atomic E-state index is -3.89. The quantitative estimate of drug-likeness (QED) is 0.855. The molecule has 0 radical (unpaired) electrons. The molecule has 1 saturated heterocycles. The summed E-state index contributed by atoms with van der Waals surface area (Å²) in [7, 11) is -2.33. The van der Waals surface area contributed by atoms with Crippen molar-refractivity contribution >= 4 is 15.7 Å². The Morgan fingerprint density at radius 3 is 2.57 bits per heavy atom. The first-order chi connectivity index (χ1) is 13.1. The van der Waals surface area contributed by atoms with E-state index in [2.05, 4.69) is 5.32 Å². The predicted molar refractivity (Wildman–Crippen MR) is 104 cm³/mol. The lowest BCUT2D eigenvalue weighted by molar-refractivity contribution is -0.132. The maximum Gasteiger partial charge on any atom is 0.242 e. The summed E-state index contributed by atoms with van der Waals surface area (Å²) in [6.45, 7) is 5.55. The van der Waals surface area contributed by atoms with Crippen LogP contribution in [-0.4, -0.2) is 32.4 Å². The van der Waals surface area contributed by atoms with E-state index in [1.165, 1.54) is 0 Å². The van der Waals surface area contributed by atoms with Crippen LogP contribution in [0.25, 0.3) is 0 Å². The van der Waals surface area contributed by atoms with Crippen molar-refractivity contribution in [3.05, 3.63) is 53.1 Å². The number of carbonyl (C=O) groups excluding carboxylic acids is 1. The van der Waals surface area contributed by atoms with E-state index in [9.17, 15) is 13.2 Å². The van der Waals surface area contributed by atoms with Crippen molar-refractivity contribution < 1.29 is 22.7 Å². The molecule has 148 valence electrons. The van der Waals surface area contributed by atoms with Crippen LogP contribution in [-0.2, 0) is 14.6 Å². The molecular formula is C21H23NO5S. The van der Waals surface area contributed by atoms with Gasteiger partial charge in [0, 0.05) is 18.4 Å². The summed E-state index contributed by atoms with van der Waals surface area (Å²) in [5.74, 6) is 0.124. The van der Waals surface area contributed by atoms with Crippen LogP contribution in [0.15, 0.2) is 41.3 Å². The highest BCUT2D eigenvalue weighted by Gasteiger charge is 2.54. The third kappa shape index (κ3) is 2.85. The number of methoxy groups -OCH3 is 1. The second kappa shape index (κ2) is 6.24. The maximum absolute atomic E-state index is 13.5. The van der Waals surface area contributed by atoms with Crippen LogP contribution in [0, 0.1) is 13.8 Å². The van der Waals surface area contributed by atoms with E-state index >= 15 is 0 Å². The Labute approximate surface area is 164 Å². The topological polar surface area (TPSA) is 81.7 Å². The summed E-state index contributed by atoms with van der Waals surface area (Å²) in [5.41, 5.74) is 1.64. The number of hydrogen-bond acceptors (Lipinski definition) is 5. The molecule has 1 fully saturated rings. The Kier molecular flexibility index (Phi) is 4.19. The van der Waals surface area contributed by atoms with E-state index in [-0.39, 0.29) is 4.90 Å². The Morgan fingerprint density at radius 2 is 1.89 bits per heavy atom. The molecule has 3 atom stereocenters. The van der Waals surface area contributed by atoms with Gasteiger partial charge in [0.1, 0.15) is 11.5 Å². The number of benzene rings is 2. The van der Waals surface area contributed by atoms with E-state index in [0.29, 0.717) is 23.5 Å². The number of sulfone groups is 1. The van der Waals surface area contributed by atoms with Gasteiger partial charge in [-0.1, -0.05) is 12.1 Å². The first-order valence-corrected chi connectivity index (χ1v) is 10.7. The molecule has 4 rings (SSSR count). The molecule has 0 aliphatic carbocycles. The van der Waals surface area contributed by atoms with Crippen LogP contribution >= 0.6 is 0 Å². The fourth-order valence-corrected chi connectivity index (χ4v) is 6.01. The first kappa shape index (κ1) is 18.8. The van der Waals surface area contributed by atoms with Gasteiger partial charge in [0.25, 0.3) is 0 Å². The molecule has 1 amide bonds. The highest BCUT2D eigenvalue weighted by atomic mass is 32.2. The van der Waals surface area contributed by atoms with Crippen LogP contribution in [0.2, 0.25) is 0 Å². The molecule has 0 saturated carbocycles. The monoisotopic (exact) mass is 401 g/mol. The zero-order valence-electron chi connectivity index (χ0n) is 16.3. The number of amides is 1. The number of ether oxygens (including phenoxy) is 2. The zero-order chi connectivity index (χ0) is 20.3. The molecule has 2 aliphatic heterocycles. The average molecular weight is 401 g/mol. The molecule has 2 bridgehead atoms. The van der Waals surface area contributed by atoms with Crippen molar-refractivity contribution in [1.29, 1.82) is 0 Å². The van der Waals surface area contributed by atoms with Crippen LogP contribution in [0.1, 0.15) is 36.0 Å². The van der Waals surface area contributed by atoms with Gasteiger partial charge in [-0.05, 0) is 55.7 Å². The first-order valence-electron chi connectivity index (χ1n) is 9.15. The third-order valence-corrected chi connectivity index (χ3v) is 7.84. The van der Waals surface area contributed by atoms with Crippen molar-refractivity contribution in [2.75, 3.05) is 7.11 Å². The van der Waals surface area contributed by atoms with Gasteiger partial charge in [-0.25, -0.2) is 8.42 Å². The van der Waals surface area contributed by atoms with Crippen molar-refractivity contribution in [3.8, 4) is 11.5 Å². The SMILES string of the molecule is COc1ccc2c(c1)O[C@@]1(C)C[C@@H]2[C@@H](S(=O)(=O)c2ccc(C)c(C)c2)C(=O)N1. The largest absolute Gasteiger partial charge is 0.497 e. The summed E-state index contributed by atoms with van der Waals surface area (Å²) in [5, 5.41) is 1.56. The van der Waals surface area contributed by atoms with Gasteiger partial charge < -0.3 is 14.8 Å². The molecule has 0 spiro atoms. The van der Waals surface area contributed by atoms with E-state index < -0.39 is 32.6 Å². The second-order valence-corrected chi connectivity index (χ2v) is 9.82. The Balaban J connectivity index is 1.85. The summed E-state index contributed by atoms with van der Waals surface area (Å²) in [4.78, 5) is 13.1. The van der Waals surface area contributed by atoms with Gasteiger partial charge in [0.2, 0.25) is 5.91 Å². The smallest absolute Gasteiger partial charge is 0.242 e. The standard InChI is InChI=1S/C21H23NO5S/c1-12-5-7-15(9-13(12)2)28(24,25)19-17-11-21(3,22-20(19)23)27-18-10-14(26-4)6-8-16(17)18/h5-10,17,19H,11H2,1-4H3,(H,22,23)/t17-,19+,21-/m0/s1. The van der Waals surface area contributed by atoms with Gasteiger partial charge in [-0.15, -0.1) is 0 Å². The molecule has 2 aromatic rings. The zero-order valence-corrected chi connectivity index (χ0v) is 17.1. The highest BCUT2D eigenvalue weighted by molar-refractivity contribution is 7.92. The van der Waals surface area contributed by atoms with Crippen LogP contribution in [0.4, 0.5) is 0 Å². The lowest BCUT2D eigenvalue weighted by Crippen LogP contribution is -2.63. The molecule has 28 heavy (non-hydrogen) atoms. The minimum absolute atomic E-state index is 0.168. The second-order valence-electron chi connectivity index (χ2n) is 7.75. The van der Waals surface area contributed by atoms with Gasteiger partial charge in [0.05, 0.1) is 12.0 Å². The Hall–Kier alpha value is -2.54. The Bertz CT molecular complexity index is 1080. The van der Waals surface area contributed by atoms with Gasteiger partial charge in [0.15, 0.2) is 20.8 Å². The number of rotatable bonds is 3. The van der Waals surface area contributed by atoms with Crippen LogP contribution in [0.3, 0.4) is 0 Å². The molecule has 2 heterocycles. The van der Waals surface area contributed by atoms with E-state index in [0.717, 1.165) is 11.1 Å². The summed E-state index contributed by atoms with van der Waals surface area (Å²) in [6, 6.07) is 10.3. The number of piperidine rings is 1. The Morgan fingerprint density at radius 1 is 1.14 bits per heavy atom. The molecule has 0 aromatic heterocycles. The molecule has 2 aromatic carbocycles. The van der Waals surface area contributed by atoms with Gasteiger partial charge in [-0.3, -0.25) is 4.79 Å². The number of hydrogen-bond donors (Lipinski definition) is 1. The van der Waals surface area contributed by atoms with Crippen molar-refractivity contribution in [2.24, 2.45) is 0 Å². The number of aryl methyl sites for hydroxylation is 2. The van der Waals surface area contributed by atoms with Crippen LogP contribution in [0.5, 0.6) is 11.5 Å². The molecule has 6 nitrogen and oxygen atoms in total. The lowest BCUT2D eigenvalue weighted by Gasteiger charge is -2.46. The fourth-order valence-electron chi connectivity index (χ4n) is 4.11. The van der Waals surface area contributed by atoms with Crippen molar-refractivity contribution in [1.82, 2.24) is 5.32 Å². The molecular weight excluding hydrogens is 378 g/mol. The number of nitrogens with one attached hydrogen (secondary N) is 1. The van der Waals surface area contributed by atoms with Gasteiger partial charge in [-0.2, -0.15) is 0 Å². The highest BCUT2D eigenvalue weighted by Crippen LogP contribution is 2.48. The molecule has 1 N–H and O–H groups in total. The van der Waals surface area contributed by atoms with Crippen molar-refractivity contribution in [3.63, 3.8) is 0 Å². The minimum Gasteiger partial charge on any atom is -0.497 e. The maximum atomic E-state index is 13.5. The normalized spacial score (nSPS) is 26.1. The van der Waals surface area contributed by atoms with E-state index in [1.807, 2.05) is 13.8 Å². The molecule has 0 unspecified atom stereocenters. The predicted octanol–water partition coefficient (Wildman–Crippen LogP) is 2.87. The molecule has 7 heteroatoms. The van der Waals surface area contributed by atoms with Crippen LogP contribution < -0.4 is 14.8 Å². The fraction of sp³-hybridized carbons (Fsp3) is 0.381. The van der Waals surface area contributed by atoms with E-state index in [1.54, 1.807) is 50.4 Å². The lowest BCUT2D eigenvalue weighted by atomic mass is 9.81. The molecule has 2 aliphatic rings. The third-order valence-electron chi connectivity index (χ3n) is 5.72. The number of carbonyl (C=O) groups is 1. The number of fused-ring (bicyclic) bond motifs is 4. The van der Waals surface area contributed by atoms with E-state index in [4.69, 9.17) is 9.47 Å². The average Bonchev–Trinajstić information content (AvgIpc) is 2.62. The van der Waals surface area contributed by atoms with Gasteiger partial charge >= 0.3 is 0 Å². The summed E-state index contributed by atoms with van der Waals surface area (Å²) in [6.07, 6.45) is 0.382.